The fourth-order valence-electron chi connectivity index (χ4n) is 2.71. The van der Waals surface area contributed by atoms with E-state index in [2.05, 4.69) is 9.71 Å². The van der Waals surface area contributed by atoms with Crippen molar-refractivity contribution in [3.8, 4) is 11.5 Å². The van der Waals surface area contributed by atoms with Crippen LogP contribution in [0.15, 0.2) is 40.2 Å². The Hall–Kier alpha value is -3.05. The summed E-state index contributed by atoms with van der Waals surface area (Å²) in [6, 6.07) is 6.52. The summed E-state index contributed by atoms with van der Waals surface area (Å²) >= 11 is 0. The van der Waals surface area contributed by atoms with Crippen molar-refractivity contribution in [2.24, 2.45) is 16.5 Å². The molecule has 10 nitrogen and oxygen atoms in total. The van der Waals surface area contributed by atoms with Gasteiger partial charge in [-0.25, -0.2) is 8.42 Å². The Bertz CT molecular complexity index is 1020. The van der Waals surface area contributed by atoms with E-state index in [0.717, 1.165) is 5.39 Å². The molecule has 11 heteroatoms. The summed E-state index contributed by atoms with van der Waals surface area (Å²) in [7, 11) is -1.09. The largest absolute Gasteiger partial charge is 0.493 e. The smallest absolute Gasteiger partial charge is 0.321 e. The number of carbonyl (C=O) groups is 1. The minimum Gasteiger partial charge on any atom is -0.493 e. The van der Waals surface area contributed by atoms with E-state index >= 15 is 0 Å². The van der Waals surface area contributed by atoms with Crippen LogP contribution >= 0.6 is 0 Å². The summed E-state index contributed by atoms with van der Waals surface area (Å²) in [5.41, 5.74) is 10.4. The van der Waals surface area contributed by atoms with Crippen molar-refractivity contribution in [1.82, 2.24) is 4.72 Å². The zero-order valence-electron chi connectivity index (χ0n) is 16.1. The van der Waals surface area contributed by atoms with Gasteiger partial charge in [-0.2, -0.15) is 4.72 Å². The van der Waals surface area contributed by atoms with Crippen LogP contribution in [0.4, 0.5) is 0 Å². The third-order valence-corrected chi connectivity index (χ3v) is 5.63. The standard InChI is InChI=1S/C18H24N4O6S/c1-27-15-9-11-5-6-13(8-12(11)10-16(15)28-2)29(25,26)22-14(17(23)24)4-3-7-21-18(19)20/h5-6,8-10,14,22H,3-4,7H2,1-2H3,(H,23,24)(H4,19,20,21). The topological polar surface area (TPSA) is 166 Å². The third kappa shape index (κ3) is 5.72. The van der Waals surface area contributed by atoms with Gasteiger partial charge in [0.05, 0.1) is 19.1 Å². The molecule has 0 aliphatic rings. The molecule has 0 aliphatic heterocycles. The average Bonchev–Trinajstić information content (AvgIpc) is 2.68. The van der Waals surface area contributed by atoms with E-state index in [9.17, 15) is 18.3 Å². The summed E-state index contributed by atoms with van der Waals surface area (Å²) in [6.07, 6.45) is 0.329. The Morgan fingerprint density at radius 3 is 2.31 bits per heavy atom. The number of sulfonamides is 1. The quantitative estimate of drug-likeness (QED) is 0.245. The van der Waals surface area contributed by atoms with Crippen LogP contribution in [-0.2, 0) is 14.8 Å². The van der Waals surface area contributed by atoms with Crippen LogP contribution < -0.4 is 25.7 Å². The van der Waals surface area contributed by atoms with E-state index in [-0.39, 0.29) is 23.8 Å². The van der Waals surface area contributed by atoms with Crippen LogP contribution in [0.25, 0.3) is 10.8 Å². The van der Waals surface area contributed by atoms with Crippen LogP contribution in [0.3, 0.4) is 0 Å². The van der Waals surface area contributed by atoms with Crippen molar-refractivity contribution in [2.45, 2.75) is 23.8 Å². The Kier molecular flexibility index (Phi) is 7.23. The number of guanidine groups is 1. The van der Waals surface area contributed by atoms with Gasteiger partial charge in [-0.3, -0.25) is 9.79 Å². The van der Waals surface area contributed by atoms with Gasteiger partial charge in [0.25, 0.3) is 0 Å². The lowest BCUT2D eigenvalue weighted by molar-refractivity contribution is -0.139. The first-order valence-corrected chi connectivity index (χ1v) is 10.1. The van der Waals surface area contributed by atoms with E-state index in [0.29, 0.717) is 23.3 Å². The highest BCUT2D eigenvalue weighted by atomic mass is 32.2. The van der Waals surface area contributed by atoms with Gasteiger partial charge < -0.3 is 26.0 Å². The summed E-state index contributed by atoms with van der Waals surface area (Å²) in [6.45, 7) is 0.200. The third-order valence-electron chi connectivity index (χ3n) is 4.17. The molecule has 0 radical (unpaired) electrons. The molecule has 0 fully saturated rings. The molecule has 2 aromatic carbocycles. The first-order chi connectivity index (χ1) is 13.7. The number of nitrogens with one attached hydrogen (secondary N) is 1. The lowest BCUT2D eigenvalue weighted by Crippen LogP contribution is -2.40. The maximum atomic E-state index is 12.7. The number of nitrogens with two attached hydrogens (primary N) is 2. The maximum Gasteiger partial charge on any atom is 0.321 e. The Morgan fingerprint density at radius 2 is 1.76 bits per heavy atom. The lowest BCUT2D eigenvalue weighted by Gasteiger charge is -2.15. The number of nitrogens with zero attached hydrogens (tertiary/aromatic N) is 1. The zero-order chi connectivity index (χ0) is 21.6. The summed E-state index contributed by atoms with van der Waals surface area (Å²) in [4.78, 5) is 15.2. The van der Waals surface area contributed by atoms with Crippen LogP contribution in [0.2, 0.25) is 0 Å². The second-order valence-corrected chi connectivity index (χ2v) is 7.89. The van der Waals surface area contributed by atoms with Crippen molar-refractivity contribution in [3.05, 3.63) is 30.3 Å². The summed E-state index contributed by atoms with van der Waals surface area (Å²) in [5.74, 6) is -0.433. The molecule has 158 valence electrons. The predicted molar refractivity (Wildman–Crippen MR) is 109 cm³/mol. The fraction of sp³-hybridized carbons (Fsp3) is 0.333. The van der Waals surface area contributed by atoms with Gasteiger partial charge in [-0.1, -0.05) is 6.07 Å². The molecule has 0 saturated carbocycles. The fourth-order valence-corrected chi connectivity index (χ4v) is 3.97. The second-order valence-electron chi connectivity index (χ2n) is 6.18. The number of methoxy groups -OCH3 is 2. The highest BCUT2D eigenvalue weighted by molar-refractivity contribution is 7.89. The van der Waals surface area contributed by atoms with Crippen LogP contribution in [0.5, 0.6) is 11.5 Å². The Morgan fingerprint density at radius 1 is 1.14 bits per heavy atom. The van der Waals surface area contributed by atoms with Crippen molar-refractivity contribution in [1.29, 1.82) is 0 Å². The molecule has 0 spiro atoms. The molecule has 0 bridgehead atoms. The molecular formula is C18H24N4O6S. The van der Waals surface area contributed by atoms with Crippen molar-refractivity contribution in [3.63, 3.8) is 0 Å². The van der Waals surface area contributed by atoms with Crippen molar-refractivity contribution >= 4 is 32.7 Å². The minimum atomic E-state index is -4.07. The lowest BCUT2D eigenvalue weighted by atomic mass is 10.1. The van der Waals surface area contributed by atoms with Crippen LogP contribution in [0.1, 0.15) is 12.8 Å². The van der Waals surface area contributed by atoms with E-state index in [1.165, 1.54) is 26.4 Å². The van der Waals surface area contributed by atoms with Crippen molar-refractivity contribution < 1.29 is 27.8 Å². The van der Waals surface area contributed by atoms with Crippen molar-refractivity contribution in [2.75, 3.05) is 20.8 Å². The van der Waals surface area contributed by atoms with E-state index in [4.69, 9.17) is 20.9 Å². The molecule has 1 atom stereocenters. The van der Waals surface area contributed by atoms with E-state index < -0.39 is 22.0 Å². The molecule has 0 heterocycles. The number of carboxylic acids is 1. The van der Waals surface area contributed by atoms with Gasteiger partial charge in [0.15, 0.2) is 17.5 Å². The highest BCUT2D eigenvalue weighted by Crippen LogP contribution is 2.33. The van der Waals surface area contributed by atoms with E-state index in [1.807, 2.05) is 0 Å². The Labute approximate surface area is 168 Å². The second kappa shape index (κ2) is 9.43. The molecule has 1 unspecified atom stereocenters. The molecule has 2 aromatic rings. The predicted octanol–water partition coefficient (Wildman–Crippen LogP) is 0.642. The normalized spacial score (nSPS) is 12.3. The Balaban J connectivity index is 2.27. The van der Waals surface area contributed by atoms with Gasteiger partial charge >= 0.3 is 5.97 Å². The number of rotatable bonds is 10. The van der Waals surface area contributed by atoms with E-state index in [1.54, 1.807) is 18.2 Å². The number of fused-ring (bicyclic) bond motifs is 1. The average molecular weight is 424 g/mol. The minimum absolute atomic E-state index is 0.0317. The van der Waals surface area contributed by atoms with Crippen LogP contribution in [0, 0.1) is 0 Å². The zero-order valence-corrected chi connectivity index (χ0v) is 16.9. The number of aliphatic carboxylic acids is 1. The van der Waals surface area contributed by atoms with Gasteiger partial charge in [-0.05, 0) is 47.9 Å². The maximum absolute atomic E-state index is 12.7. The molecule has 0 aromatic heterocycles. The molecule has 0 aliphatic carbocycles. The summed E-state index contributed by atoms with van der Waals surface area (Å²) in [5, 5.41) is 10.7. The van der Waals surface area contributed by atoms with Gasteiger partial charge in [0.2, 0.25) is 10.0 Å². The first-order valence-electron chi connectivity index (χ1n) is 8.64. The SMILES string of the molecule is COc1cc2ccc(S(=O)(=O)NC(CCCN=C(N)N)C(=O)O)cc2cc1OC. The number of carboxylic acid groups (broad SMARTS) is 1. The molecule has 0 saturated heterocycles. The highest BCUT2D eigenvalue weighted by Gasteiger charge is 2.25. The van der Waals surface area contributed by atoms with Crippen LogP contribution in [-0.4, -0.2) is 52.3 Å². The molecule has 0 amide bonds. The van der Waals surface area contributed by atoms with Gasteiger partial charge in [-0.15, -0.1) is 0 Å². The molecule has 2 rings (SSSR count). The number of aliphatic imine (C=N–C) groups is 1. The molecule has 29 heavy (non-hydrogen) atoms. The number of ether oxygens (including phenoxy) is 2. The molecular weight excluding hydrogens is 400 g/mol. The number of hydrogen-bond donors (Lipinski definition) is 4. The van der Waals surface area contributed by atoms with Gasteiger partial charge in [0, 0.05) is 6.54 Å². The monoisotopic (exact) mass is 424 g/mol. The van der Waals surface area contributed by atoms with Gasteiger partial charge in [0.1, 0.15) is 6.04 Å². The number of hydrogen-bond acceptors (Lipinski definition) is 6. The molecule has 6 N–H and O–H groups in total. The number of benzene rings is 2. The summed E-state index contributed by atoms with van der Waals surface area (Å²) < 4.78 is 38.1. The first kappa shape index (κ1) is 22.2.